The molecule has 0 saturated carbocycles. The van der Waals surface area contributed by atoms with Gasteiger partial charge in [0, 0.05) is 35.5 Å². The number of amides is 1. The van der Waals surface area contributed by atoms with Crippen LogP contribution in [-0.4, -0.2) is 73.6 Å². The van der Waals surface area contributed by atoms with E-state index in [0.717, 1.165) is 29.3 Å². The number of alkyl halides is 7. The van der Waals surface area contributed by atoms with Gasteiger partial charge in [-0.15, -0.1) is 11.3 Å². The zero-order valence-corrected chi connectivity index (χ0v) is 36.3. The summed E-state index contributed by atoms with van der Waals surface area (Å²) in [6.45, 7) is 17.0. The Balaban J connectivity index is 0.000000342. The van der Waals surface area contributed by atoms with E-state index in [4.69, 9.17) is 4.74 Å². The van der Waals surface area contributed by atoms with Gasteiger partial charge in [-0.2, -0.15) is 26.3 Å². The molecule has 0 N–H and O–H groups in total. The normalized spacial score (nSPS) is 15.2. The molecule has 19 heteroatoms. The Labute approximate surface area is 336 Å². The molecule has 3 aromatic rings. The molecule has 0 atom stereocenters. The molecule has 9 nitrogen and oxygen atoms in total. The van der Waals surface area contributed by atoms with Crippen molar-refractivity contribution in [1.82, 2.24) is 9.88 Å². The number of nitrogens with zero attached hydrogens (tertiary/aromatic N) is 2. The first-order valence-electron chi connectivity index (χ1n) is 17.2. The van der Waals surface area contributed by atoms with Crippen LogP contribution in [0.2, 0.25) is 0 Å². The molecule has 0 spiro atoms. The molecule has 0 aliphatic carbocycles. The Morgan fingerprint density at radius 2 is 1.23 bits per heavy atom. The highest BCUT2D eigenvalue weighted by atomic mass is 79.9. The SMILES string of the molecule is CC(C)(C)OC(=O)N1CCC(c2nc(-c3cc(C(C)(C)C)cc(S(=O)(=O)C(F)(F)F)c3)cs2)CC1.CC(C)(C)c1cc(C(=O)CBr)cc(S(=O)(=O)C(F)(F)F)c1. The summed E-state index contributed by atoms with van der Waals surface area (Å²) in [5.41, 5.74) is -11.0. The van der Waals surface area contributed by atoms with E-state index in [9.17, 15) is 52.8 Å². The predicted octanol–water partition coefficient (Wildman–Crippen LogP) is 10.4. The number of piperidine rings is 1. The monoisotopic (exact) mass is 918 g/mol. The second-order valence-corrected chi connectivity index (χ2v) is 21.6. The number of halogens is 7. The lowest BCUT2D eigenvalue weighted by atomic mass is 9.86. The number of rotatable bonds is 6. The molecule has 4 rings (SSSR count). The molecule has 1 aliphatic heterocycles. The lowest BCUT2D eigenvalue weighted by Gasteiger charge is -2.32. The van der Waals surface area contributed by atoms with E-state index in [1.165, 1.54) is 17.4 Å². The summed E-state index contributed by atoms with van der Waals surface area (Å²) in [4.78, 5) is 28.6. The molecule has 1 aliphatic rings. The fourth-order valence-corrected chi connectivity index (χ4v) is 8.26. The van der Waals surface area contributed by atoms with Crippen LogP contribution < -0.4 is 0 Å². The Hall–Kier alpha value is -3.03. The van der Waals surface area contributed by atoms with Crippen molar-refractivity contribution in [2.45, 2.75) is 118 Å². The van der Waals surface area contributed by atoms with E-state index in [1.54, 1.807) is 57.9 Å². The molecule has 0 radical (unpaired) electrons. The fourth-order valence-electron chi connectivity index (χ4n) is 5.27. The maximum Gasteiger partial charge on any atom is 0.501 e. The van der Waals surface area contributed by atoms with Crippen LogP contribution in [-0.2, 0) is 35.2 Å². The lowest BCUT2D eigenvalue weighted by Crippen LogP contribution is -2.41. The summed E-state index contributed by atoms with van der Waals surface area (Å²) in [6.07, 6.45) is 1.01. The van der Waals surface area contributed by atoms with Crippen molar-refractivity contribution in [1.29, 1.82) is 0 Å². The van der Waals surface area contributed by atoms with Crippen molar-refractivity contribution in [2.24, 2.45) is 0 Å². The van der Waals surface area contributed by atoms with E-state index in [1.807, 2.05) is 20.8 Å². The third-order valence-corrected chi connectivity index (χ3v) is 13.0. The summed E-state index contributed by atoms with van der Waals surface area (Å²) in [5.74, 6) is -0.392. The van der Waals surface area contributed by atoms with Gasteiger partial charge in [-0.1, -0.05) is 57.5 Å². The molecule has 0 unspecified atom stereocenters. The second kappa shape index (κ2) is 16.7. The predicted molar refractivity (Wildman–Crippen MR) is 206 cm³/mol. The standard InChI is InChI=1S/C24H31F3N2O4S2.C13H14BrF3O3S/c1-22(2,3)17-11-16(12-18(13-17)35(31,32)24(25,26)27)19-14-34-20(28-19)15-7-9-29(10-8-15)21(30)33-23(4,5)6;1-12(2,3)9-4-8(11(18)7-14)5-10(6-9)21(19,20)13(15,16)17/h11-15H,7-10H2,1-6H3;4-6H,7H2,1-3H3. The van der Waals surface area contributed by atoms with Gasteiger partial charge in [-0.05, 0) is 92.0 Å². The molecule has 1 saturated heterocycles. The number of carbonyl (C=O) groups excluding carboxylic acids is 2. The average Bonchev–Trinajstić information content (AvgIpc) is 3.56. The van der Waals surface area contributed by atoms with Gasteiger partial charge in [-0.25, -0.2) is 26.6 Å². The van der Waals surface area contributed by atoms with Gasteiger partial charge in [0.05, 0.1) is 25.8 Å². The van der Waals surface area contributed by atoms with Gasteiger partial charge >= 0.3 is 17.1 Å². The number of sulfone groups is 2. The van der Waals surface area contributed by atoms with Crippen LogP contribution in [0.15, 0.2) is 51.6 Å². The van der Waals surface area contributed by atoms with Gasteiger partial charge < -0.3 is 9.64 Å². The highest BCUT2D eigenvalue weighted by Crippen LogP contribution is 2.39. The molecule has 1 amide bonds. The number of carbonyl (C=O) groups is 2. The Morgan fingerprint density at radius 3 is 1.66 bits per heavy atom. The van der Waals surface area contributed by atoms with E-state index in [0.29, 0.717) is 48.3 Å². The number of hydrogen-bond donors (Lipinski definition) is 0. The highest BCUT2D eigenvalue weighted by molar-refractivity contribution is 9.09. The molecule has 0 bridgehead atoms. The van der Waals surface area contributed by atoms with Gasteiger partial charge in [0.15, 0.2) is 5.78 Å². The van der Waals surface area contributed by atoms with Gasteiger partial charge in [-0.3, -0.25) is 4.79 Å². The highest BCUT2D eigenvalue weighted by Gasteiger charge is 2.48. The molecule has 56 heavy (non-hydrogen) atoms. The minimum atomic E-state index is -5.50. The van der Waals surface area contributed by atoms with Gasteiger partial charge in [0.1, 0.15) is 5.60 Å². The minimum absolute atomic E-state index is 0.0675. The summed E-state index contributed by atoms with van der Waals surface area (Å²) >= 11 is 4.31. The number of ketones is 1. The van der Waals surface area contributed by atoms with Crippen LogP contribution in [0.1, 0.15) is 108 Å². The van der Waals surface area contributed by atoms with E-state index >= 15 is 0 Å². The van der Waals surface area contributed by atoms with Gasteiger partial charge in [0.25, 0.3) is 19.7 Å². The summed E-state index contributed by atoms with van der Waals surface area (Å²) in [5, 5.41) is 2.44. The number of aromatic nitrogens is 1. The molecular weight excluding hydrogens is 875 g/mol. The fraction of sp³-hybridized carbons (Fsp3) is 0.541. The first kappa shape index (κ1) is 47.3. The smallest absolute Gasteiger partial charge is 0.444 e. The Bertz CT molecular complexity index is 2140. The minimum Gasteiger partial charge on any atom is -0.444 e. The molecule has 2 heterocycles. The molecule has 312 valence electrons. The molecular formula is C37H45BrF6N2O7S3. The van der Waals surface area contributed by atoms with Crippen molar-refractivity contribution < 1.29 is 57.5 Å². The third kappa shape index (κ3) is 11.6. The van der Waals surface area contributed by atoms with Crippen molar-refractivity contribution in [3.63, 3.8) is 0 Å². The number of benzene rings is 2. The van der Waals surface area contributed by atoms with Crippen molar-refractivity contribution in [2.75, 3.05) is 18.4 Å². The first-order valence-corrected chi connectivity index (χ1v) is 22.1. The van der Waals surface area contributed by atoms with Gasteiger partial charge in [0.2, 0.25) is 0 Å². The number of thiazole rings is 1. The topological polar surface area (TPSA) is 128 Å². The molecule has 2 aromatic carbocycles. The number of ether oxygens (including phenoxy) is 1. The summed E-state index contributed by atoms with van der Waals surface area (Å²) < 4.78 is 131. The molecule has 1 fully saturated rings. The second-order valence-electron chi connectivity index (χ2n) is 16.3. The molecule has 1 aromatic heterocycles. The van der Waals surface area contributed by atoms with Crippen LogP contribution >= 0.6 is 27.3 Å². The summed E-state index contributed by atoms with van der Waals surface area (Å²) in [7, 11) is -11.0. The van der Waals surface area contributed by atoms with Crippen LogP contribution in [0.4, 0.5) is 31.1 Å². The quantitative estimate of drug-likeness (QED) is 0.136. The maximum atomic E-state index is 13.3. The first-order chi connectivity index (χ1) is 25.2. The van der Waals surface area contributed by atoms with Crippen LogP contribution in [0, 0.1) is 0 Å². The number of hydrogen-bond acceptors (Lipinski definition) is 9. The largest absolute Gasteiger partial charge is 0.501 e. The third-order valence-electron chi connectivity index (χ3n) is 8.53. The van der Waals surface area contributed by atoms with Crippen LogP contribution in [0.3, 0.4) is 0 Å². The van der Waals surface area contributed by atoms with E-state index in [-0.39, 0.29) is 22.9 Å². The van der Waals surface area contributed by atoms with Crippen molar-refractivity contribution in [3.05, 3.63) is 63.5 Å². The number of Topliss-reactive ketones (excluding diaryl/α,β-unsaturated/α-hetero) is 1. The van der Waals surface area contributed by atoms with Crippen LogP contribution in [0.5, 0.6) is 0 Å². The zero-order valence-electron chi connectivity index (χ0n) is 32.3. The Morgan fingerprint density at radius 1 is 0.768 bits per heavy atom. The number of likely N-dealkylation sites (tertiary alicyclic amines) is 1. The lowest BCUT2D eigenvalue weighted by molar-refractivity contribution is -0.0442. The van der Waals surface area contributed by atoms with Crippen molar-refractivity contribution >= 4 is 58.8 Å². The zero-order chi connectivity index (χ0) is 43.0. The summed E-state index contributed by atoms with van der Waals surface area (Å²) in [6, 6.07) is 6.97. The van der Waals surface area contributed by atoms with E-state index in [2.05, 4.69) is 20.9 Å². The maximum absolute atomic E-state index is 13.3. The van der Waals surface area contributed by atoms with E-state index < -0.39 is 62.7 Å². The Kier molecular flexibility index (Phi) is 14.1. The van der Waals surface area contributed by atoms with Crippen molar-refractivity contribution in [3.8, 4) is 11.3 Å². The average molecular weight is 920 g/mol. The van der Waals surface area contributed by atoms with Crippen LogP contribution in [0.25, 0.3) is 11.3 Å².